The number of ether oxygens (including phenoxy) is 1. The molecule has 198 valence electrons. The number of benzene rings is 4. The Hall–Kier alpha value is -4.89. The SMILES string of the molecule is NC(=O)[C@@H](Cc1ccccc1)NC(=O)COc1ccc(C=NNC(=O)c2ccc(O)c(Cl)c2)c2ccccc12. The number of halogens is 1. The summed E-state index contributed by atoms with van der Waals surface area (Å²) in [5, 5.41) is 17.7. The molecular weight excluding hydrogens is 520 g/mol. The first-order valence-corrected chi connectivity index (χ1v) is 12.3. The van der Waals surface area contributed by atoms with E-state index in [1.807, 2.05) is 54.6 Å². The van der Waals surface area contributed by atoms with Gasteiger partial charge in [-0.15, -0.1) is 0 Å². The molecule has 0 aliphatic carbocycles. The van der Waals surface area contributed by atoms with Crippen LogP contribution in [0.4, 0.5) is 0 Å². The van der Waals surface area contributed by atoms with Gasteiger partial charge < -0.3 is 20.9 Å². The van der Waals surface area contributed by atoms with Crippen molar-refractivity contribution in [3.8, 4) is 11.5 Å². The third-order valence-electron chi connectivity index (χ3n) is 5.82. The van der Waals surface area contributed by atoms with Crippen LogP contribution in [0.3, 0.4) is 0 Å². The highest BCUT2D eigenvalue weighted by Gasteiger charge is 2.19. The lowest BCUT2D eigenvalue weighted by molar-refractivity contribution is -0.128. The van der Waals surface area contributed by atoms with Gasteiger partial charge in [0.05, 0.1) is 11.2 Å². The van der Waals surface area contributed by atoms with E-state index >= 15 is 0 Å². The van der Waals surface area contributed by atoms with E-state index in [0.717, 1.165) is 16.3 Å². The number of phenols is 1. The molecule has 0 bridgehead atoms. The molecule has 0 fully saturated rings. The largest absolute Gasteiger partial charge is 0.506 e. The molecule has 0 heterocycles. The number of nitrogens with one attached hydrogen (secondary N) is 2. The topological polar surface area (TPSA) is 143 Å². The van der Waals surface area contributed by atoms with Crippen molar-refractivity contribution in [3.05, 3.63) is 107 Å². The predicted molar refractivity (Wildman–Crippen MR) is 149 cm³/mol. The minimum atomic E-state index is -0.869. The number of nitrogens with two attached hydrogens (primary N) is 1. The molecule has 1 atom stereocenters. The van der Waals surface area contributed by atoms with Crippen molar-refractivity contribution in [2.24, 2.45) is 10.8 Å². The molecule has 3 amide bonds. The molecule has 0 aliphatic rings. The number of carbonyl (C=O) groups is 3. The number of fused-ring (bicyclic) bond motifs is 1. The van der Waals surface area contributed by atoms with E-state index in [4.69, 9.17) is 22.1 Å². The summed E-state index contributed by atoms with van der Waals surface area (Å²) in [5.74, 6) is -1.28. The summed E-state index contributed by atoms with van der Waals surface area (Å²) >= 11 is 5.86. The Balaban J connectivity index is 1.41. The van der Waals surface area contributed by atoms with Gasteiger partial charge in [-0.3, -0.25) is 14.4 Å². The van der Waals surface area contributed by atoms with Crippen LogP contribution < -0.4 is 21.2 Å². The number of aromatic hydroxyl groups is 1. The molecule has 9 nitrogen and oxygen atoms in total. The normalized spacial score (nSPS) is 11.7. The number of hydrogen-bond donors (Lipinski definition) is 4. The molecule has 0 saturated heterocycles. The maximum Gasteiger partial charge on any atom is 0.271 e. The van der Waals surface area contributed by atoms with E-state index in [9.17, 15) is 19.5 Å². The predicted octanol–water partition coefficient (Wildman–Crippen LogP) is 3.55. The van der Waals surface area contributed by atoms with E-state index in [0.29, 0.717) is 11.3 Å². The Morgan fingerprint density at radius 1 is 0.974 bits per heavy atom. The highest BCUT2D eigenvalue weighted by molar-refractivity contribution is 6.32. The van der Waals surface area contributed by atoms with Crippen molar-refractivity contribution in [2.45, 2.75) is 12.5 Å². The van der Waals surface area contributed by atoms with Crippen LogP contribution >= 0.6 is 11.6 Å². The number of hydrogen-bond acceptors (Lipinski definition) is 6. The highest BCUT2D eigenvalue weighted by atomic mass is 35.5. The third kappa shape index (κ3) is 7.12. The number of hydrazone groups is 1. The average molecular weight is 545 g/mol. The number of nitrogens with zero attached hydrogens (tertiary/aromatic N) is 1. The van der Waals surface area contributed by atoms with E-state index in [1.165, 1.54) is 24.4 Å². The first kappa shape index (κ1) is 27.2. The minimum absolute atomic E-state index is 0.0586. The van der Waals surface area contributed by atoms with Crippen LogP contribution in [0.15, 0.2) is 90.0 Å². The van der Waals surface area contributed by atoms with Gasteiger partial charge in [0.2, 0.25) is 5.91 Å². The van der Waals surface area contributed by atoms with Gasteiger partial charge >= 0.3 is 0 Å². The van der Waals surface area contributed by atoms with Crippen LogP contribution in [-0.4, -0.2) is 41.7 Å². The zero-order valence-electron chi connectivity index (χ0n) is 20.6. The van der Waals surface area contributed by atoms with Gasteiger partial charge in [-0.05, 0) is 41.3 Å². The maximum atomic E-state index is 12.6. The zero-order chi connectivity index (χ0) is 27.8. The van der Waals surface area contributed by atoms with Crippen molar-refractivity contribution in [3.63, 3.8) is 0 Å². The Morgan fingerprint density at radius 2 is 1.69 bits per heavy atom. The summed E-state index contributed by atoms with van der Waals surface area (Å²) in [6.45, 7) is -0.318. The first-order chi connectivity index (χ1) is 18.8. The van der Waals surface area contributed by atoms with Crippen molar-refractivity contribution in [2.75, 3.05) is 6.61 Å². The third-order valence-corrected chi connectivity index (χ3v) is 6.12. The monoisotopic (exact) mass is 544 g/mol. The van der Waals surface area contributed by atoms with Gasteiger partial charge in [0.15, 0.2) is 6.61 Å². The Kier molecular flexibility index (Phi) is 8.75. The molecule has 4 rings (SSSR count). The summed E-state index contributed by atoms with van der Waals surface area (Å²) < 4.78 is 5.78. The fraction of sp³-hybridized carbons (Fsp3) is 0.103. The van der Waals surface area contributed by atoms with Gasteiger partial charge in [-0.1, -0.05) is 66.2 Å². The second kappa shape index (κ2) is 12.6. The summed E-state index contributed by atoms with van der Waals surface area (Å²) in [6.07, 6.45) is 1.76. The Morgan fingerprint density at radius 3 is 2.41 bits per heavy atom. The van der Waals surface area contributed by atoms with Crippen LogP contribution in [0.2, 0.25) is 5.02 Å². The van der Waals surface area contributed by atoms with Gasteiger partial charge in [0, 0.05) is 22.9 Å². The molecule has 0 unspecified atom stereocenters. The molecule has 39 heavy (non-hydrogen) atoms. The number of carbonyl (C=O) groups excluding carboxylic acids is 3. The number of amides is 3. The van der Waals surface area contributed by atoms with Gasteiger partial charge in [-0.25, -0.2) is 5.43 Å². The fourth-order valence-electron chi connectivity index (χ4n) is 3.86. The maximum absolute atomic E-state index is 12.6. The number of phenolic OH excluding ortho intramolecular Hbond substituents is 1. The summed E-state index contributed by atoms with van der Waals surface area (Å²) in [4.78, 5) is 36.8. The van der Waals surface area contributed by atoms with Crippen molar-refractivity contribution < 1.29 is 24.2 Å². The molecule has 0 aliphatic heterocycles. The standard InChI is InChI=1S/C29H25ClN4O5/c30-23-15-19(10-12-25(23)35)29(38)34-32-16-20-11-13-26(22-9-5-4-8-21(20)22)39-17-27(36)33-24(28(31)37)14-18-6-2-1-3-7-18/h1-13,15-16,24,35H,14,17H2,(H2,31,37)(H,33,36)(H,34,38)/t24-/m1/s1. The smallest absolute Gasteiger partial charge is 0.271 e. The first-order valence-electron chi connectivity index (χ1n) is 11.9. The van der Waals surface area contributed by atoms with Crippen LogP contribution in [0.5, 0.6) is 11.5 Å². The molecule has 4 aromatic rings. The van der Waals surface area contributed by atoms with Crippen molar-refractivity contribution in [1.29, 1.82) is 0 Å². The lowest BCUT2D eigenvalue weighted by atomic mass is 10.0. The van der Waals surface area contributed by atoms with E-state index < -0.39 is 23.8 Å². The van der Waals surface area contributed by atoms with Crippen LogP contribution in [0.25, 0.3) is 10.8 Å². The molecule has 4 aromatic carbocycles. The van der Waals surface area contributed by atoms with Crippen LogP contribution in [0.1, 0.15) is 21.5 Å². The lowest BCUT2D eigenvalue weighted by Crippen LogP contribution is -2.47. The molecule has 0 aromatic heterocycles. The summed E-state index contributed by atoms with van der Waals surface area (Å²) in [6, 6.07) is 23.3. The molecular formula is C29H25ClN4O5. The Labute approximate surface area is 229 Å². The minimum Gasteiger partial charge on any atom is -0.506 e. The van der Waals surface area contributed by atoms with Gasteiger partial charge in [0.1, 0.15) is 17.5 Å². The second-order valence-corrected chi connectivity index (χ2v) is 8.97. The fourth-order valence-corrected chi connectivity index (χ4v) is 4.04. The molecule has 0 spiro atoms. The highest BCUT2D eigenvalue weighted by Crippen LogP contribution is 2.28. The van der Waals surface area contributed by atoms with Crippen molar-refractivity contribution in [1.82, 2.24) is 10.7 Å². The number of primary amides is 1. The molecule has 0 saturated carbocycles. The van der Waals surface area contributed by atoms with Crippen LogP contribution in [0, 0.1) is 0 Å². The summed E-state index contributed by atoms with van der Waals surface area (Å²) in [5.41, 5.74) is 9.72. The van der Waals surface area contributed by atoms with Gasteiger partial charge in [0.25, 0.3) is 11.8 Å². The Bertz CT molecular complexity index is 1540. The van der Waals surface area contributed by atoms with E-state index in [2.05, 4.69) is 15.8 Å². The molecule has 0 radical (unpaired) electrons. The van der Waals surface area contributed by atoms with Crippen LogP contribution in [-0.2, 0) is 16.0 Å². The average Bonchev–Trinajstić information content (AvgIpc) is 2.94. The summed E-state index contributed by atoms with van der Waals surface area (Å²) in [7, 11) is 0. The second-order valence-electron chi connectivity index (χ2n) is 8.56. The zero-order valence-corrected chi connectivity index (χ0v) is 21.4. The van der Waals surface area contributed by atoms with E-state index in [-0.39, 0.29) is 29.4 Å². The molecule has 10 heteroatoms. The lowest BCUT2D eigenvalue weighted by Gasteiger charge is -2.16. The van der Waals surface area contributed by atoms with Gasteiger partial charge in [-0.2, -0.15) is 5.10 Å². The van der Waals surface area contributed by atoms with E-state index in [1.54, 1.807) is 12.1 Å². The molecule has 5 N–H and O–H groups in total. The van der Waals surface area contributed by atoms with Crippen molar-refractivity contribution >= 4 is 46.3 Å². The number of rotatable bonds is 10. The quantitative estimate of drug-likeness (QED) is 0.178.